The van der Waals surface area contributed by atoms with Gasteiger partial charge in [0.1, 0.15) is 0 Å². The summed E-state index contributed by atoms with van der Waals surface area (Å²) in [6.45, 7) is 4.88. The van der Waals surface area contributed by atoms with Gasteiger partial charge in [-0.3, -0.25) is 0 Å². The van der Waals surface area contributed by atoms with Crippen molar-refractivity contribution in [2.75, 3.05) is 0 Å². The van der Waals surface area contributed by atoms with E-state index in [1.807, 2.05) is 0 Å². The average Bonchev–Trinajstić information content (AvgIpc) is 3.41. The monoisotopic (exact) mass is 702 g/mol. The second-order valence-electron chi connectivity index (χ2n) is 11.1. The van der Waals surface area contributed by atoms with Crippen LogP contribution < -0.4 is 24.8 Å². The van der Waals surface area contributed by atoms with Gasteiger partial charge in [0.2, 0.25) is 0 Å². The average molecular weight is 702 g/mol. The first kappa shape index (κ1) is 27.4. The fourth-order valence-electron chi connectivity index (χ4n) is 7.70. The van der Waals surface area contributed by atoms with E-state index in [0.29, 0.717) is 7.35 Å². The van der Waals surface area contributed by atoms with E-state index in [0.717, 1.165) is 0 Å². The van der Waals surface area contributed by atoms with E-state index >= 15 is 0 Å². The molecule has 2 atom stereocenters. The van der Waals surface area contributed by atoms with Crippen molar-refractivity contribution in [3.05, 3.63) is 130 Å². The molecule has 0 saturated carbocycles. The van der Waals surface area contributed by atoms with Gasteiger partial charge in [-0.2, -0.15) is 0 Å². The summed E-state index contributed by atoms with van der Waals surface area (Å²) in [5, 5.41) is 0. The van der Waals surface area contributed by atoms with E-state index in [-0.39, 0.29) is 24.8 Å². The van der Waals surface area contributed by atoms with Crippen LogP contribution in [0.2, 0.25) is 8.35 Å². The smallest absolute Gasteiger partial charge is 1.00 e. The minimum Gasteiger partial charge on any atom is -1.00 e. The van der Waals surface area contributed by atoms with Gasteiger partial charge in [-0.15, -0.1) is 0 Å². The van der Waals surface area contributed by atoms with Crippen LogP contribution >= 0.6 is 0 Å². The molecule has 3 aliphatic rings. The zero-order valence-electron chi connectivity index (χ0n) is 21.9. The van der Waals surface area contributed by atoms with E-state index in [1.54, 1.807) is 22.3 Å². The normalized spacial score (nSPS) is 19.3. The minimum absolute atomic E-state index is 0. The van der Waals surface area contributed by atoms with Crippen LogP contribution in [-0.2, 0) is 20.0 Å². The van der Waals surface area contributed by atoms with Crippen LogP contribution in [0.15, 0.2) is 108 Å². The van der Waals surface area contributed by atoms with Crippen molar-refractivity contribution in [2.24, 2.45) is 0 Å². The minimum atomic E-state index is -2.85. The second kappa shape index (κ2) is 10.8. The molecule has 0 amide bonds. The van der Waals surface area contributed by atoms with Crippen LogP contribution in [0.4, 0.5) is 0 Å². The summed E-state index contributed by atoms with van der Waals surface area (Å²) in [4.78, 5) is 0. The molecule has 0 radical (unpaired) electrons. The van der Waals surface area contributed by atoms with Crippen LogP contribution in [0.25, 0.3) is 34.4 Å². The molecule has 7 rings (SSSR count). The topological polar surface area (TPSA) is 0 Å². The number of fused-ring (bicyclic) bond motifs is 2. The third-order valence-corrected chi connectivity index (χ3v) is 32.2. The standard InChI is InChI=1S/2C16H13.C3H6.2ClH.Hf/c2*1-12-10-14-8-5-9-15(16(14)11-12)13-6-3-2-4-7-13;1-3-2;;;/h2*2-11H,1H3;1-3H2;2*1H;/q;;;;;+2/p-2. The summed E-state index contributed by atoms with van der Waals surface area (Å²) >= 11 is -2.85. The van der Waals surface area contributed by atoms with Gasteiger partial charge in [-0.1, -0.05) is 0 Å². The van der Waals surface area contributed by atoms with Crippen molar-refractivity contribution in [2.45, 2.75) is 36.0 Å². The van der Waals surface area contributed by atoms with Crippen molar-refractivity contribution in [1.29, 1.82) is 0 Å². The second-order valence-corrected chi connectivity index (χ2v) is 27.7. The Kier molecular flexibility index (Phi) is 7.75. The van der Waals surface area contributed by atoms with E-state index in [1.165, 1.54) is 48.2 Å². The quantitative estimate of drug-likeness (QED) is 0.282. The van der Waals surface area contributed by atoms with Crippen LogP contribution in [0.3, 0.4) is 0 Å². The molecule has 190 valence electrons. The third-order valence-electron chi connectivity index (χ3n) is 9.16. The number of rotatable bonds is 4. The molecule has 1 fully saturated rings. The van der Waals surface area contributed by atoms with Gasteiger partial charge in [0.15, 0.2) is 0 Å². The maximum atomic E-state index is 2.55. The van der Waals surface area contributed by atoms with Gasteiger partial charge in [-0.25, -0.2) is 0 Å². The molecule has 1 heterocycles. The van der Waals surface area contributed by atoms with Crippen molar-refractivity contribution in [3.8, 4) is 22.3 Å². The van der Waals surface area contributed by atoms with Gasteiger partial charge in [-0.05, 0) is 0 Å². The van der Waals surface area contributed by atoms with Gasteiger partial charge in [0.25, 0.3) is 0 Å². The summed E-state index contributed by atoms with van der Waals surface area (Å²) in [7, 11) is 0. The third kappa shape index (κ3) is 4.14. The summed E-state index contributed by atoms with van der Waals surface area (Å²) in [6.07, 6.45) is 6.53. The summed E-state index contributed by atoms with van der Waals surface area (Å²) in [5.41, 5.74) is 15.0. The Hall–Kier alpha value is -2.19. The molecule has 2 unspecified atom stereocenters. The Morgan fingerprint density at radius 1 is 0.526 bits per heavy atom. The van der Waals surface area contributed by atoms with Gasteiger partial charge in [0, 0.05) is 0 Å². The molecule has 1 saturated heterocycles. The van der Waals surface area contributed by atoms with E-state index in [2.05, 4.69) is 123 Å². The number of benzene rings is 4. The number of hydrogen-bond acceptors (Lipinski definition) is 0. The Balaban J connectivity index is 0.00000147. The molecule has 0 aromatic heterocycles. The number of halogens is 2. The molecule has 0 bridgehead atoms. The maximum absolute atomic E-state index is 2.85. The first-order valence-electron chi connectivity index (χ1n) is 13.4. The molecule has 0 spiro atoms. The van der Waals surface area contributed by atoms with E-state index in [4.69, 9.17) is 0 Å². The SMILES string of the molecule is CC1=Cc2c(-c3ccccc3)cccc2[CH]1[Hf+2]1([CH]2C(C)=Cc3c(-c4ccccc4)cccc32)[CH2]C[CH2]1.[Cl-].[Cl-]. The van der Waals surface area contributed by atoms with Crippen LogP contribution in [-0.4, -0.2) is 0 Å². The molecule has 1 aliphatic heterocycles. The molecule has 4 aromatic carbocycles. The Morgan fingerprint density at radius 2 is 0.947 bits per heavy atom. The fraction of sp³-hybridized carbons (Fsp3) is 0.200. The Morgan fingerprint density at radius 3 is 1.32 bits per heavy atom. The summed E-state index contributed by atoms with van der Waals surface area (Å²) in [5.74, 6) is 0. The molecule has 0 nitrogen and oxygen atoms in total. The molecule has 4 aromatic rings. The van der Waals surface area contributed by atoms with Gasteiger partial charge in [0.05, 0.1) is 0 Å². The molecule has 38 heavy (non-hydrogen) atoms. The van der Waals surface area contributed by atoms with Crippen LogP contribution in [0, 0.1) is 0 Å². The summed E-state index contributed by atoms with van der Waals surface area (Å²) in [6, 6.07) is 36.2. The van der Waals surface area contributed by atoms with Gasteiger partial charge >= 0.3 is 221 Å². The van der Waals surface area contributed by atoms with Crippen molar-refractivity contribution < 1.29 is 44.8 Å². The van der Waals surface area contributed by atoms with Crippen molar-refractivity contribution in [1.82, 2.24) is 0 Å². The molecular weight excluding hydrogens is 670 g/mol. The molecule has 0 N–H and O–H groups in total. The van der Waals surface area contributed by atoms with Gasteiger partial charge < -0.3 is 24.8 Å². The summed E-state index contributed by atoms with van der Waals surface area (Å²) < 4.78 is 4.43. The first-order chi connectivity index (χ1) is 17.7. The van der Waals surface area contributed by atoms with Crippen LogP contribution in [0.5, 0.6) is 0 Å². The van der Waals surface area contributed by atoms with Crippen molar-refractivity contribution >= 4 is 12.2 Å². The van der Waals surface area contributed by atoms with Crippen LogP contribution in [0.1, 0.15) is 49.9 Å². The molecule has 2 aliphatic carbocycles. The largest absolute Gasteiger partial charge is 1.00 e. The number of hydrogen-bond donors (Lipinski definition) is 0. The number of allylic oxidation sites excluding steroid dienone is 2. The van der Waals surface area contributed by atoms with E-state index < -0.39 is 20.0 Å². The predicted molar refractivity (Wildman–Crippen MR) is 151 cm³/mol. The van der Waals surface area contributed by atoms with E-state index in [9.17, 15) is 0 Å². The zero-order valence-corrected chi connectivity index (χ0v) is 27.0. The van der Waals surface area contributed by atoms with Crippen molar-refractivity contribution in [3.63, 3.8) is 0 Å². The zero-order chi connectivity index (χ0) is 24.3. The molecular formula is C35H32Cl2Hf. The maximum Gasteiger partial charge on any atom is -1.00 e. The predicted octanol–water partition coefficient (Wildman–Crippen LogP) is 4.04. The Labute approximate surface area is 244 Å². The first-order valence-corrected chi connectivity index (χ1v) is 22.6. The fourth-order valence-corrected chi connectivity index (χ4v) is 30.6. The molecule has 3 heteroatoms. The Bertz CT molecular complexity index is 1420.